The fourth-order valence-electron chi connectivity index (χ4n) is 2.67. The van der Waals surface area contributed by atoms with E-state index in [9.17, 15) is 4.79 Å². The molecule has 1 aromatic carbocycles. The normalized spacial score (nSPS) is 19.2. The van der Waals surface area contributed by atoms with Crippen molar-refractivity contribution in [3.05, 3.63) is 35.4 Å². The summed E-state index contributed by atoms with van der Waals surface area (Å²) in [7, 11) is 2.13. The number of piperidine rings is 1. The number of nitrogens with one attached hydrogen (secondary N) is 1. The highest BCUT2D eigenvalue weighted by atomic mass is 32.1. The van der Waals surface area contributed by atoms with Gasteiger partial charge in [0.2, 0.25) is 5.91 Å². The predicted molar refractivity (Wildman–Crippen MR) is 89.3 cm³/mol. The van der Waals surface area contributed by atoms with Crippen LogP contribution in [0.2, 0.25) is 0 Å². The minimum atomic E-state index is 0.0667. The second-order valence-electron chi connectivity index (χ2n) is 5.67. The first-order valence-corrected chi connectivity index (χ1v) is 7.83. The summed E-state index contributed by atoms with van der Waals surface area (Å²) in [4.78, 5) is 14.7. The lowest BCUT2D eigenvalue weighted by molar-refractivity contribution is -0.120. The Hall–Kier alpha value is -1.46. The molecule has 1 aromatic rings. The molecule has 0 spiro atoms. The maximum atomic E-state index is 12.0. The van der Waals surface area contributed by atoms with Crippen LogP contribution in [-0.4, -0.2) is 42.0 Å². The molecular formula is C16H23N3OS. The summed E-state index contributed by atoms with van der Waals surface area (Å²) in [6.45, 7) is 1.86. The standard InChI is InChI=1S/C16H23N3OS/c1-19-9-3-2-4-14(19)11-18-15(20)10-12-5-7-13(8-6-12)16(17)21/h5-8,14H,2-4,9-11H2,1H3,(H2,17,21)(H,18,20). The van der Waals surface area contributed by atoms with Crippen LogP contribution in [0.3, 0.4) is 0 Å². The lowest BCUT2D eigenvalue weighted by atomic mass is 10.0. The number of benzene rings is 1. The molecule has 0 aliphatic carbocycles. The predicted octanol–water partition coefficient (Wildman–Crippen LogP) is 1.46. The molecule has 1 unspecified atom stereocenters. The number of likely N-dealkylation sites (N-methyl/N-ethyl adjacent to an activating group) is 1. The smallest absolute Gasteiger partial charge is 0.224 e. The number of nitrogens with zero attached hydrogens (tertiary/aromatic N) is 1. The molecule has 1 atom stereocenters. The fraction of sp³-hybridized carbons (Fsp3) is 0.500. The number of carbonyl (C=O) groups is 1. The summed E-state index contributed by atoms with van der Waals surface area (Å²) in [5, 5.41) is 3.04. The topological polar surface area (TPSA) is 58.4 Å². The highest BCUT2D eigenvalue weighted by molar-refractivity contribution is 7.80. The van der Waals surface area contributed by atoms with Gasteiger partial charge in [0.05, 0.1) is 6.42 Å². The zero-order valence-electron chi connectivity index (χ0n) is 12.5. The van der Waals surface area contributed by atoms with Gasteiger partial charge in [-0.2, -0.15) is 0 Å². The molecule has 3 N–H and O–H groups in total. The minimum absolute atomic E-state index is 0.0667. The fourth-order valence-corrected chi connectivity index (χ4v) is 2.80. The van der Waals surface area contributed by atoms with Crippen molar-refractivity contribution in [3.63, 3.8) is 0 Å². The number of hydrogen-bond acceptors (Lipinski definition) is 3. The minimum Gasteiger partial charge on any atom is -0.389 e. The summed E-state index contributed by atoms with van der Waals surface area (Å²) < 4.78 is 0. The Morgan fingerprint density at radius 3 is 2.71 bits per heavy atom. The van der Waals surface area contributed by atoms with Crippen LogP contribution in [0.15, 0.2) is 24.3 Å². The van der Waals surface area contributed by atoms with Crippen LogP contribution < -0.4 is 11.1 Å². The Bertz CT molecular complexity index is 501. The van der Waals surface area contributed by atoms with Crippen LogP contribution in [0, 0.1) is 0 Å². The van der Waals surface area contributed by atoms with Crippen LogP contribution in [0.1, 0.15) is 30.4 Å². The van der Waals surface area contributed by atoms with Crippen molar-refractivity contribution in [1.82, 2.24) is 10.2 Å². The third kappa shape index (κ3) is 4.79. The number of thiocarbonyl (C=S) groups is 1. The van der Waals surface area contributed by atoms with E-state index < -0.39 is 0 Å². The SMILES string of the molecule is CN1CCCCC1CNC(=O)Cc1ccc(C(N)=S)cc1. The molecule has 1 aliphatic heterocycles. The van der Waals surface area contributed by atoms with Gasteiger partial charge in [-0.05, 0) is 32.0 Å². The zero-order valence-corrected chi connectivity index (χ0v) is 13.3. The molecule has 5 heteroatoms. The van der Waals surface area contributed by atoms with Crippen molar-refractivity contribution >= 4 is 23.1 Å². The molecule has 1 aliphatic rings. The van der Waals surface area contributed by atoms with Crippen LogP contribution in [0.25, 0.3) is 0 Å². The van der Waals surface area contributed by atoms with E-state index in [1.807, 2.05) is 24.3 Å². The number of likely N-dealkylation sites (tertiary alicyclic amines) is 1. The van der Waals surface area contributed by atoms with Gasteiger partial charge in [-0.1, -0.05) is 42.9 Å². The Kier molecular flexibility index (Phi) is 5.70. The van der Waals surface area contributed by atoms with Crippen molar-refractivity contribution in [2.45, 2.75) is 31.7 Å². The van der Waals surface area contributed by atoms with Crippen molar-refractivity contribution < 1.29 is 4.79 Å². The van der Waals surface area contributed by atoms with E-state index in [-0.39, 0.29) is 5.91 Å². The Morgan fingerprint density at radius 1 is 1.38 bits per heavy atom. The second-order valence-corrected chi connectivity index (χ2v) is 6.11. The van der Waals surface area contributed by atoms with Gasteiger partial charge in [-0.15, -0.1) is 0 Å². The number of carbonyl (C=O) groups excluding carboxylic acids is 1. The third-order valence-electron chi connectivity index (χ3n) is 4.06. The maximum absolute atomic E-state index is 12.0. The molecule has 21 heavy (non-hydrogen) atoms. The molecule has 0 aromatic heterocycles. The van der Waals surface area contributed by atoms with E-state index in [0.29, 0.717) is 17.5 Å². The molecule has 0 bridgehead atoms. The van der Waals surface area contributed by atoms with Gasteiger partial charge < -0.3 is 16.0 Å². The van der Waals surface area contributed by atoms with Gasteiger partial charge in [-0.3, -0.25) is 4.79 Å². The van der Waals surface area contributed by atoms with Gasteiger partial charge in [0.1, 0.15) is 4.99 Å². The number of hydrogen-bond donors (Lipinski definition) is 2. The lowest BCUT2D eigenvalue weighted by Gasteiger charge is -2.32. The largest absolute Gasteiger partial charge is 0.389 e. The van der Waals surface area contributed by atoms with E-state index in [2.05, 4.69) is 17.3 Å². The summed E-state index contributed by atoms with van der Waals surface area (Å²) in [6.07, 6.45) is 4.08. The molecular weight excluding hydrogens is 282 g/mol. The molecule has 1 heterocycles. The van der Waals surface area contributed by atoms with Gasteiger partial charge in [0, 0.05) is 18.2 Å². The number of amides is 1. The molecule has 114 valence electrons. The first-order chi connectivity index (χ1) is 10.1. The van der Waals surface area contributed by atoms with Gasteiger partial charge in [0.15, 0.2) is 0 Å². The molecule has 1 amide bonds. The van der Waals surface area contributed by atoms with Crippen molar-refractivity contribution in [1.29, 1.82) is 0 Å². The van der Waals surface area contributed by atoms with Crippen LogP contribution in [0.4, 0.5) is 0 Å². The quantitative estimate of drug-likeness (QED) is 0.809. The molecule has 4 nitrogen and oxygen atoms in total. The van der Waals surface area contributed by atoms with Crippen LogP contribution >= 0.6 is 12.2 Å². The van der Waals surface area contributed by atoms with Crippen molar-refractivity contribution in [3.8, 4) is 0 Å². The van der Waals surface area contributed by atoms with Crippen molar-refractivity contribution in [2.24, 2.45) is 5.73 Å². The summed E-state index contributed by atoms with van der Waals surface area (Å²) in [5.74, 6) is 0.0667. The molecule has 1 saturated heterocycles. The number of rotatable bonds is 5. The lowest BCUT2D eigenvalue weighted by Crippen LogP contribution is -2.44. The van der Waals surface area contributed by atoms with E-state index in [1.165, 1.54) is 19.3 Å². The van der Waals surface area contributed by atoms with Crippen LogP contribution in [-0.2, 0) is 11.2 Å². The summed E-state index contributed by atoms with van der Waals surface area (Å²) in [5.41, 5.74) is 7.36. The Balaban J connectivity index is 1.80. The molecule has 0 radical (unpaired) electrons. The van der Waals surface area contributed by atoms with Gasteiger partial charge >= 0.3 is 0 Å². The summed E-state index contributed by atoms with van der Waals surface area (Å²) in [6, 6.07) is 8.00. The van der Waals surface area contributed by atoms with Crippen molar-refractivity contribution in [2.75, 3.05) is 20.1 Å². The van der Waals surface area contributed by atoms with E-state index >= 15 is 0 Å². The Morgan fingerprint density at radius 2 is 2.10 bits per heavy atom. The highest BCUT2D eigenvalue weighted by Gasteiger charge is 2.19. The molecule has 2 rings (SSSR count). The Labute approximate surface area is 131 Å². The first kappa shape index (κ1) is 15.9. The van der Waals surface area contributed by atoms with Gasteiger partial charge in [0.25, 0.3) is 0 Å². The van der Waals surface area contributed by atoms with Crippen LogP contribution in [0.5, 0.6) is 0 Å². The molecule has 0 saturated carbocycles. The zero-order chi connectivity index (χ0) is 15.2. The van der Waals surface area contributed by atoms with E-state index in [0.717, 1.165) is 24.2 Å². The average molecular weight is 305 g/mol. The molecule has 1 fully saturated rings. The van der Waals surface area contributed by atoms with E-state index in [1.54, 1.807) is 0 Å². The first-order valence-electron chi connectivity index (χ1n) is 7.42. The summed E-state index contributed by atoms with van der Waals surface area (Å²) >= 11 is 4.91. The highest BCUT2D eigenvalue weighted by Crippen LogP contribution is 2.14. The van der Waals surface area contributed by atoms with Gasteiger partial charge in [-0.25, -0.2) is 0 Å². The third-order valence-corrected chi connectivity index (χ3v) is 4.30. The van der Waals surface area contributed by atoms with E-state index in [4.69, 9.17) is 18.0 Å². The number of nitrogens with two attached hydrogens (primary N) is 1. The second kappa shape index (κ2) is 7.52. The monoisotopic (exact) mass is 305 g/mol. The average Bonchev–Trinajstić information content (AvgIpc) is 2.47. The maximum Gasteiger partial charge on any atom is 0.224 e.